The second-order valence-electron chi connectivity index (χ2n) is 6.70. The number of guanidine groups is 1. The molecule has 0 saturated heterocycles. The van der Waals surface area contributed by atoms with Gasteiger partial charge in [-0.3, -0.25) is 4.99 Å². The Morgan fingerprint density at radius 1 is 1.32 bits per heavy atom. The summed E-state index contributed by atoms with van der Waals surface area (Å²) in [5.41, 5.74) is 2.81. The van der Waals surface area contributed by atoms with Crippen LogP contribution in [0.25, 0.3) is 0 Å². The quantitative estimate of drug-likeness (QED) is 0.518. The van der Waals surface area contributed by atoms with Gasteiger partial charge in [0, 0.05) is 39.4 Å². The lowest BCUT2D eigenvalue weighted by molar-refractivity contribution is 0.119. The molecule has 1 aromatic carbocycles. The van der Waals surface area contributed by atoms with E-state index in [0.717, 1.165) is 27.8 Å². The molecule has 0 bridgehead atoms. The molecule has 28 heavy (non-hydrogen) atoms. The molecule has 1 unspecified atom stereocenters. The van der Waals surface area contributed by atoms with Crippen LogP contribution in [0, 0.1) is 0 Å². The summed E-state index contributed by atoms with van der Waals surface area (Å²) in [6, 6.07) is 7.55. The first-order chi connectivity index (χ1) is 13.2. The van der Waals surface area contributed by atoms with Crippen LogP contribution in [0.15, 0.2) is 34.6 Å². The number of nitrogens with one attached hydrogen (secondary N) is 1. The van der Waals surface area contributed by atoms with Gasteiger partial charge in [0.1, 0.15) is 11.1 Å². The maximum absolute atomic E-state index is 11.4. The Kier molecular flexibility index (Phi) is 7.97. The number of aliphatic imine (C=N–C) groups is 1. The molecule has 9 heteroatoms. The minimum Gasteiger partial charge on any atom is -0.375 e. The van der Waals surface area contributed by atoms with E-state index in [2.05, 4.69) is 15.3 Å². The number of rotatable bonds is 8. The van der Waals surface area contributed by atoms with E-state index in [9.17, 15) is 8.42 Å². The monoisotopic (exact) mass is 424 g/mol. The molecule has 2 aromatic rings. The Hall–Kier alpha value is -1.97. The van der Waals surface area contributed by atoms with Gasteiger partial charge < -0.3 is 15.0 Å². The highest BCUT2D eigenvalue weighted by Crippen LogP contribution is 2.20. The summed E-state index contributed by atoms with van der Waals surface area (Å²) in [6.07, 6.45) is 1.23. The number of thiazole rings is 1. The minimum absolute atomic E-state index is 0.00726. The Morgan fingerprint density at radius 2 is 1.96 bits per heavy atom. The first-order valence-corrected chi connectivity index (χ1v) is 11.8. The van der Waals surface area contributed by atoms with Crippen molar-refractivity contribution in [3.8, 4) is 0 Å². The number of ether oxygens (including phenoxy) is 1. The first-order valence-electron chi connectivity index (χ1n) is 8.86. The Bertz CT molecular complexity index is 892. The second kappa shape index (κ2) is 9.99. The highest BCUT2D eigenvalue weighted by Gasteiger charge is 2.13. The van der Waals surface area contributed by atoms with Crippen molar-refractivity contribution < 1.29 is 13.2 Å². The lowest BCUT2D eigenvalue weighted by atomic mass is 10.1. The van der Waals surface area contributed by atoms with E-state index in [1.165, 1.54) is 6.26 Å². The highest BCUT2D eigenvalue weighted by molar-refractivity contribution is 7.89. The van der Waals surface area contributed by atoms with E-state index in [0.29, 0.717) is 13.1 Å². The molecule has 1 atom stereocenters. The van der Waals surface area contributed by atoms with E-state index < -0.39 is 9.84 Å². The van der Waals surface area contributed by atoms with Crippen LogP contribution in [0.4, 0.5) is 0 Å². The molecule has 1 aromatic heterocycles. The number of methoxy groups -OCH3 is 1. The molecule has 0 radical (unpaired) electrons. The van der Waals surface area contributed by atoms with E-state index in [-0.39, 0.29) is 11.9 Å². The zero-order valence-electron chi connectivity index (χ0n) is 17.0. The number of aromatic nitrogens is 1. The predicted octanol–water partition coefficient (Wildman–Crippen LogP) is 2.60. The second-order valence-corrected chi connectivity index (χ2v) is 9.73. The first kappa shape index (κ1) is 22.3. The summed E-state index contributed by atoms with van der Waals surface area (Å²) in [5.74, 6) is 0.817. The number of sulfone groups is 1. The lowest BCUT2D eigenvalue weighted by Gasteiger charge is -2.21. The molecular weight excluding hydrogens is 396 g/mol. The van der Waals surface area contributed by atoms with E-state index in [1.807, 2.05) is 48.5 Å². The molecule has 154 valence electrons. The summed E-state index contributed by atoms with van der Waals surface area (Å²) in [5, 5.41) is 6.32. The average molecular weight is 425 g/mol. The van der Waals surface area contributed by atoms with Gasteiger partial charge >= 0.3 is 0 Å². The smallest absolute Gasteiger partial charge is 0.194 e. The molecule has 1 heterocycles. The van der Waals surface area contributed by atoms with E-state index in [4.69, 9.17) is 4.74 Å². The number of hydrogen-bond donors (Lipinski definition) is 1. The van der Waals surface area contributed by atoms with Crippen LogP contribution < -0.4 is 5.32 Å². The van der Waals surface area contributed by atoms with E-state index in [1.54, 1.807) is 25.5 Å². The predicted molar refractivity (Wildman–Crippen MR) is 114 cm³/mol. The van der Waals surface area contributed by atoms with Crippen molar-refractivity contribution in [3.05, 3.63) is 51.5 Å². The van der Waals surface area contributed by atoms with Crippen molar-refractivity contribution in [1.29, 1.82) is 0 Å². The summed E-state index contributed by atoms with van der Waals surface area (Å²) >= 11 is 1.59. The topological polar surface area (TPSA) is 83.9 Å². The maximum Gasteiger partial charge on any atom is 0.194 e. The SMILES string of the molecule is CN=C(NCc1ccc(CS(C)(=O)=O)cc1)N(C)Cc1csc(C(C)OC)n1. The summed E-state index contributed by atoms with van der Waals surface area (Å²) in [7, 11) is 2.36. The van der Waals surface area contributed by atoms with Crippen LogP contribution in [0.1, 0.15) is 34.9 Å². The van der Waals surface area contributed by atoms with Gasteiger partial charge in [-0.15, -0.1) is 11.3 Å². The number of nitrogens with zero attached hydrogens (tertiary/aromatic N) is 3. The van der Waals surface area contributed by atoms with Gasteiger partial charge in [0.2, 0.25) is 0 Å². The third kappa shape index (κ3) is 6.88. The maximum atomic E-state index is 11.4. The van der Waals surface area contributed by atoms with Gasteiger partial charge in [-0.2, -0.15) is 0 Å². The molecule has 0 amide bonds. The fourth-order valence-electron chi connectivity index (χ4n) is 2.62. The third-order valence-electron chi connectivity index (χ3n) is 4.15. The highest BCUT2D eigenvalue weighted by atomic mass is 32.2. The van der Waals surface area contributed by atoms with Crippen molar-refractivity contribution >= 4 is 27.1 Å². The lowest BCUT2D eigenvalue weighted by Crippen LogP contribution is -2.38. The molecule has 0 aliphatic rings. The Labute approximate surface area is 171 Å². The van der Waals surface area contributed by atoms with Crippen molar-refractivity contribution in [3.63, 3.8) is 0 Å². The average Bonchev–Trinajstić information content (AvgIpc) is 3.10. The Morgan fingerprint density at radius 3 is 2.54 bits per heavy atom. The van der Waals surface area contributed by atoms with Gasteiger partial charge in [0.15, 0.2) is 15.8 Å². The number of hydrogen-bond acceptors (Lipinski definition) is 6. The van der Waals surface area contributed by atoms with Crippen LogP contribution in [0.2, 0.25) is 0 Å². The molecule has 0 spiro atoms. The molecular formula is C19H28N4O3S2. The molecule has 0 aliphatic heterocycles. The molecule has 1 N–H and O–H groups in total. The molecule has 0 saturated carbocycles. The fraction of sp³-hybridized carbons (Fsp3) is 0.474. The Balaban J connectivity index is 1.92. The summed E-state index contributed by atoms with van der Waals surface area (Å²) in [6.45, 7) is 3.22. The van der Waals surface area contributed by atoms with Crippen molar-refractivity contribution in [2.75, 3.05) is 27.5 Å². The van der Waals surface area contributed by atoms with Crippen LogP contribution in [-0.2, 0) is 33.4 Å². The van der Waals surface area contributed by atoms with Crippen LogP contribution in [0.5, 0.6) is 0 Å². The zero-order chi connectivity index (χ0) is 20.7. The van der Waals surface area contributed by atoms with Gasteiger partial charge in [0.05, 0.1) is 18.0 Å². The van der Waals surface area contributed by atoms with E-state index >= 15 is 0 Å². The largest absolute Gasteiger partial charge is 0.375 e. The zero-order valence-corrected chi connectivity index (χ0v) is 18.6. The normalized spacial score (nSPS) is 13.4. The van der Waals surface area contributed by atoms with Crippen LogP contribution >= 0.6 is 11.3 Å². The third-order valence-corrected chi connectivity index (χ3v) is 6.06. The molecule has 2 rings (SSSR count). The van der Waals surface area contributed by atoms with Gasteiger partial charge in [0.25, 0.3) is 0 Å². The van der Waals surface area contributed by atoms with Gasteiger partial charge in [-0.25, -0.2) is 13.4 Å². The number of benzene rings is 1. The molecule has 7 nitrogen and oxygen atoms in total. The van der Waals surface area contributed by atoms with Crippen LogP contribution in [0.3, 0.4) is 0 Å². The minimum atomic E-state index is -3.02. The summed E-state index contributed by atoms with van der Waals surface area (Å²) in [4.78, 5) is 10.9. The van der Waals surface area contributed by atoms with Crippen molar-refractivity contribution in [2.45, 2.75) is 31.9 Å². The molecule has 0 aliphatic carbocycles. The molecule has 0 fully saturated rings. The van der Waals surface area contributed by atoms with Crippen LogP contribution in [-0.4, -0.2) is 51.7 Å². The van der Waals surface area contributed by atoms with Gasteiger partial charge in [-0.05, 0) is 18.1 Å². The fourth-order valence-corrected chi connectivity index (χ4v) is 4.26. The standard InChI is InChI=1S/C19H28N4O3S2/c1-14(26-4)18-22-17(12-27-18)11-23(3)19(20-2)21-10-15-6-8-16(9-7-15)13-28(5,24)25/h6-9,12,14H,10-11,13H2,1-5H3,(H,20,21). The van der Waals surface area contributed by atoms with Crippen molar-refractivity contribution in [2.24, 2.45) is 4.99 Å². The van der Waals surface area contributed by atoms with Gasteiger partial charge in [-0.1, -0.05) is 24.3 Å². The van der Waals surface area contributed by atoms with Crippen molar-refractivity contribution in [1.82, 2.24) is 15.2 Å². The summed E-state index contributed by atoms with van der Waals surface area (Å²) < 4.78 is 28.1.